The molecule has 0 aromatic heterocycles. The summed E-state index contributed by atoms with van der Waals surface area (Å²) >= 11 is 10.6. The summed E-state index contributed by atoms with van der Waals surface area (Å²) in [5.41, 5.74) is 0.451. The summed E-state index contributed by atoms with van der Waals surface area (Å²) in [6.07, 6.45) is 0. The van der Waals surface area contributed by atoms with E-state index in [-0.39, 0.29) is 34.5 Å². The lowest BCUT2D eigenvalue weighted by Crippen LogP contribution is -2.71. The number of β-lactam (4-membered cyclic amide) rings is 1. The van der Waals surface area contributed by atoms with Crippen LogP contribution >= 0.6 is 46.9 Å². The molecule has 0 aliphatic carbocycles. The number of nitrogens with zero attached hydrogens (tertiary/aromatic N) is 3. The van der Waals surface area contributed by atoms with Gasteiger partial charge in [-0.1, -0.05) is 16.8 Å². The third-order valence-corrected chi connectivity index (χ3v) is 9.23. The molecule has 4 rings (SSSR count). The molecule has 1 fully saturated rings. The van der Waals surface area contributed by atoms with Gasteiger partial charge in [0.05, 0.1) is 9.96 Å². The summed E-state index contributed by atoms with van der Waals surface area (Å²) in [5.74, 6) is 0.124. The molecule has 3 heterocycles. The molecule has 3 aliphatic heterocycles. The summed E-state index contributed by atoms with van der Waals surface area (Å²) < 4.78 is 5.32. The lowest BCUT2D eigenvalue weighted by atomic mass is 10.0. The normalized spacial score (nSPS) is 21.7. The Hall–Kier alpha value is -2.68. The van der Waals surface area contributed by atoms with Crippen LogP contribution in [0.1, 0.15) is 5.56 Å². The Labute approximate surface area is 223 Å². The molecular formula is C21H19ClN4O7S3. The van der Waals surface area contributed by atoms with Gasteiger partial charge in [-0.25, -0.2) is 4.79 Å². The van der Waals surface area contributed by atoms with Crippen molar-refractivity contribution in [2.75, 3.05) is 24.4 Å². The van der Waals surface area contributed by atoms with E-state index in [1.807, 2.05) is 5.41 Å². The zero-order chi connectivity index (χ0) is 25.8. The highest BCUT2D eigenvalue weighted by atomic mass is 35.5. The van der Waals surface area contributed by atoms with Crippen LogP contribution in [0.25, 0.3) is 0 Å². The number of carbonyl (C=O) groups is 3. The Morgan fingerprint density at radius 3 is 2.69 bits per heavy atom. The van der Waals surface area contributed by atoms with Crippen molar-refractivity contribution in [1.29, 1.82) is 0 Å². The number of ether oxygens (including phenoxy) is 1. The number of thioether (sulfide) groups is 3. The van der Waals surface area contributed by atoms with Gasteiger partial charge in [0.25, 0.3) is 17.5 Å². The summed E-state index contributed by atoms with van der Waals surface area (Å²) in [6, 6.07) is 4.67. The van der Waals surface area contributed by atoms with Crippen molar-refractivity contribution in [2.45, 2.75) is 18.0 Å². The summed E-state index contributed by atoms with van der Waals surface area (Å²) in [4.78, 5) is 55.7. The molecule has 190 valence electrons. The molecule has 2 amide bonds. The lowest BCUT2D eigenvalue weighted by molar-refractivity contribution is -0.384. The standard InChI is InChI=1S/C21H19ClN4O7S3/c1-32-24-15(14-10-34-6-7-35-14)18(27)23-16-19(28)25-17(13(22)9-36-20(16)25)21(29)33-8-11-2-4-12(5-3-11)26(30)31/h2-5,10,16,20H,6-9H2,1H3,(H,23,27)/t16?,20-/m1/s1. The van der Waals surface area contributed by atoms with Crippen molar-refractivity contribution in [2.24, 2.45) is 5.16 Å². The second-order valence-electron chi connectivity index (χ2n) is 7.44. The van der Waals surface area contributed by atoms with Gasteiger partial charge in [0, 0.05) is 34.3 Å². The second kappa shape index (κ2) is 11.6. The molecule has 2 atom stereocenters. The minimum Gasteiger partial charge on any atom is -0.456 e. The average Bonchev–Trinajstić information content (AvgIpc) is 2.89. The van der Waals surface area contributed by atoms with Crippen molar-refractivity contribution >= 4 is 76.1 Å². The van der Waals surface area contributed by atoms with Crippen molar-refractivity contribution in [1.82, 2.24) is 10.2 Å². The third-order valence-electron chi connectivity index (χ3n) is 5.20. The molecule has 11 nitrogen and oxygen atoms in total. The topological polar surface area (TPSA) is 140 Å². The quantitative estimate of drug-likeness (QED) is 0.163. The Morgan fingerprint density at radius 2 is 2.06 bits per heavy atom. The minimum atomic E-state index is -0.881. The molecule has 1 N–H and O–H groups in total. The first-order valence-corrected chi connectivity index (χ1v) is 13.9. The monoisotopic (exact) mass is 570 g/mol. The number of nitro benzene ring substituents is 1. The van der Waals surface area contributed by atoms with E-state index in [2.05, 4.69) is 10.5 Å². The SMILES string of the molecule is CON=C(C(=O)NC1C(=O)N2C(C(=O)OCc3ccc([N+](=O)[O-])cc3)=C(Cl)CS[C@H]12)C1=CSCCS1. The van der Waals surface area contributed by atoms with Crippen LogP contribution in [-0.2, 0) is 30.6 Å². The number of benzene rings is 1. The molecule has 1 aromatic rings. The van der Waals surface area contributed by atoms with Gasteiger partial charge in [0.2, 0.25) is 0 Å². The Kier molecular flexibility index (Phi) is 8.49. The second-order valence-corrected chi connectivity index (χ2v) is 11.1. The van der Waals surface area contributed by atoms with Gasteiger partial charge in [-0.15, -0.1) is 35.3 Å². The van der Waals surface area contributed by atoms with E-state index in [9.17, 15) is 24.5 Å². The summed E-state index contributed by atoms with van der Waals surface area (Å²) in [6.45, 7) is -0.161. The summed E-state index contributed by atoms with van der Waals surface area (Å²) in [7, 11) is 1.34. The number of fused-ring (bicyclic) bond motifs is 1. The first-order valence-electron chi connectivity index (χ1n) is 10.4. The predicted molar refractivity (Wildman–Crippen MR) is 138 cm³/mol. The predicted octanol–water partition coefficient (Wildman–Crippen LogP) is 2.81. The smallest absolute Gasteiger partial charge is 0.356 e. The number of rotatable bonds is 8. The van der Waals surface area contributed by atoms with Crippen LogP contribution in [0.5, 0.6) is 0 Å². The van der Waals surface area contributed by atoms with E-state index in [0.29, 0.717) is 10.5 Å². The van der Waals surface area contributed by atoms with Crippen molar-refractivity contribution < 1.29 is 28.9 Å². The van der Waals surface area contributed by atoms with Crippen LogP contribution in [0.4, 0.5) is 5.69 Å². The average molecular weight is 571 g/mol. The molecule has 3 aliphatic rings. The maximum atomic E-state index is 13.0. The molecule has 15 heteroatoms. The van der Waals surface area contributed by atoms with Crippen LogP contribution in [0.15, 0.2) is 50.5 Å². The van der Waals surface area contributed by atoms with Crippen molar-refractivity contribution in [3.8, 4) is 0 Å². The number of hydrogen-bond donors (Lipinski definition) is 1. The zero-order valence-electron chi connectivity index (χ0n) is 18.7. The maximum Gasteiger partial charge on any atom is 0.356 e. The fourth-order valence-corrected chi connectivity index (χ4v) is 7.10. The fraction of sp³-hybridized carbons (Fsp3) is 0.333. The number of hydrogen-bond acceptors (Lipinski definition) is 11. The highest BCUT2D eigenvalue weighted by Crippen LogP contribution is 2.42. The molecule has 0 radical (unpaired) electrons. The number of nitro groups is 1. The highest BCUT2D eigenvalue weighted by molar-refractivity contribution is 8.10. The van der Waals surface area contributed by atoms with Gasteiger partial charge in [-0.2, -0.15) is 0 Å². The minimum absolute atomic E-state index is 0.0782. The molecule has 1 aromatic carbocycles. The number of esters is 1. The number of non-ortho nitro benzene ring substituents is 1. The van der Waals surface area contributed by atoms with E-state index < -0.39 is 34.1 Å². The van der Waals surface area contributed by atoms with E-state index >= 15 is 0 Å². The first kappa shape index (κ1) is 26.4. The lowest BCUT2D eigenvalue weighted by Gasteiger charge is -2.49. The van der Waals surface area contributed by atoms with E-state index in [4.69, 9.17) is 21.2 Å². The van der Waals surface area contributed by atoms with E-state index in [0.717, 1.165) is 11.5 Å². The molecule has 1 unspecified atom stereocenters. The number of carbonyl (C=O) groups excluding carboxylic acids is 3. The molecule has 36 heavy (non-hydrogen) atoms. The van der Waals surface area contributed by atoms with Gasteiger partial charge in [0.15, 0.2) is 5.71 Å². The number of nitrogens with one attached hydrogen (secondary N) is 1. The van der Waals surface area contributed by atoms with Crippen LogP contribution in [0.2, 0.25) is 0 Å². The van der Waals surface area contributed by atoms with Gasteiger partial charge >= 0.3 is 5.97 Å². The molecule has 1 saturated heterocycles. The Morgan fingerprint density at radius 1 is 1.31 bits per heavy atom. The van der Waals surface area contributed by atoms with Crippen LogP contribution in [-0.4, -0.2) is 69.1 Å². The summed E-state index contributed by atoms with van der Waals surface area (Å²) in [5, 5.41) is 18.8. The Balaban J connectivity index is 1.41. The van der Waals surface area contributed by atoms with Crippen molar-refractivity contribution in [3.63, 3.8) is 0 Å². The largest absolute Gasteiger partial charge is 0.456 e. The van der Waals surface area contributed by atoms with Gasteiger partial charge in [0.1, 0.15) is 30.8 Å². The molecule has 0 spiro atoms. The Bertz CT molecular complexity index is 1190. The number of oxime groups is 1. The van der Waals surface area contributed by atoms with E-state index in [1.165, 1.54) is 59.8 Å². The first-order chi connectivity index (χ1) is 17.3. The van der Waals surface area contributed by atoms with Crippen LogP contribution in [0, 0.1) is 10.1 Å². The number of halogens is 1. The molecular weight excluding hydrogens is 552 g/mol. The van der Waals surface area contributed by atoms with Gasteiger partial charge in [-0.3, -0.25) is 24.6 Å². The van der Waals surface area contributed by atoms with Crippen LogP contribution < -0.4 is 5.32 Å². The van der Waals surface area contributed by atoms with Gasteiger partial charge in [-0.05, 0) is 23.1 Å². The van der Waals surface area contributed by atoms with Crippen LogP contribution in [0.3, 0.4) is 0 Å². The van der Waals surface area contributed by atoms with E-state index in [1.54, 1.807) is 11.8 Å². The fourth-order valence-electron chi connectivity index (χ4n) is 3.49. The molecule has 0 saturated carbocycles. The third kappa shape index (κ3) is 5.51. The van der Waals surface area contributed by atoms with Crippen molar-refractivity contribution in [3.05, 3.63) is 61.0 Å². The maximum absolute atomic E-state index is 13.0. The zero-order valence-corrected chi connectivity index (χ0v) is 21.9. The highest BCUT2D eigenvalue weighted by Gasteiger charge is 2.54. The number of amides is 2. The van der Waals surface area contributed by atoms with Gasteiger partial charge < -0.3 is 14.9 Å². The molecule has 0 bridgehead atoms.